The topological polar surface area (TPSA) is 52.8 Å². The first kappa shape index (κ1) is 19.3. The van der Waals surface area contributed by atoms with Gasteiger partial charge in [0.15, 0.2) is 4.80 Å². The maximum atomic E-state index is 12.6. The fraction of sp³-hybridized carbons (Fsp3) is 0.333. The number of carbonyl (C=O) groups excluding carboxylic acids is 1. The quantitative estimate of drug-likeness (QED) is 0.652. The number of hydrogen-bond acceptors (Lipinski definition) is 4. The first-order chi connectivity index (χ1) is 13.0. The Morgan fingerprint density at radius 1 is 1.15 bits per heavy atom. The molecule has 0 fully saturated rings. The normalized spacial score (nSPS) is 11.9. The van der Waals surface area contributed by atoms with Crippen molar-refractivity contribution in [2.24, 2.45) is 4.99 Å². The van der Waals surface area contributed by atoms with Gasteiger partial charge in [0.25, 0.3) is 5.91 Å². The van der Waals surface area contributed by atoms with Gasteiger partial charge in [-0.25, -0.2) is 0 Å². The van der Waals surface area contributed by atoms with Crippen LogP contribution in [0.1, 0.15) is 16.7 Å². The lowest BCUT2D eigenvalue weighted by Crippen LogP contribution is -2.19. The third kappa shape index (κ3) is 4.46. The van der Waals surface area contributed by atoms with Crippen molar-refractivity contribution >= 4 is 27.5 Å². The molecule has 0 saturated carbocycles. The molecule has 0 radical (unpaired) electrons. The third-order valence-electron chi connectivity index (χ3n) is 4.48. The molecule has 0 bridgehead atoms. The molecule has 1 aromatic heterocycles. The van der Waals surface area contributed by atoms with Crippen LogP contribution in [0.5, 0.6) is 5.75 Å². The molecule has 1 heterocycles. The number of benzene rings is 2. The average Bonchev–Trinajstić information content (AvgIpc) is 2.98. The number of methoxy groups -OCH3 is 2. The molecule has 5 nitrogen and oxygen atoms in total. The summed E-state index contributed by atoms with van der Waals surface area (Å²) in [6.07, 6.45) is 0.301. The number of thiazole rings is 1. The van der Waals surface area contributed by atoms with E-state index in [4.69, 9.17) is 9.47 Å². The second-order valence-electron chi connectivity index (χ2n) is 6.47. The van der Waals surface area contributed by atoms with Gasteiger partial charge in [-0.15, -0.1) is 0 Å². The van der Waals surface area contributed by atoms with E-state index in [1.165, 1.54) is 11.3 Å². The molecule has 0 saturated heterocycles. The van der Waals surface area contributed by atoms with Gasteiger partial charge in [-0.2, -0.15) is 4.99 Å². The minimum atomic E-state index is -0.145. The number of rotatable bonds is 6. The van der Waals surface area contributed by atoms with Crippen LogP contribution in [0.15, 0.2) is 41.4 Å². The van der Waals surface area contributed by atoms with E-state index in [0.29, 0.717) is 24.4 Å². The molecule has 0 aliphatic heterocycles. The molecule has 27 heavy (non-hydrogen) atoms. The fourth-order valence-electron chi connectivity index (χ4n) is 2.96. The van der Waals surface area contributed by atoms with Crippen LogP contribution in [0.2, 0.25) is 0 Å². The van der Waals surface area contributed by atoms with E-state index >= 15 is 0 Å². The number of nitrogens with zero attached hydrogens (tertiary/aromatic N) is 2. The van der Waals surface area contributed by atoms with Crippen molar-refractivity contribution in [2.75, 3.05) is 20.8 Å². The Bertz CT molecular complexity index is 1030. The summed E-state index contributed by atoms with van der Waals surface area (Å²) in [5, 5.41) is 0. The molecule has 0 atom stereocenters. The number of carbonyl (C=O) groups is 1. The molecular formula is C21H24N2O3S. The van der Waals surface area contributed by atoms with Crippen molar-refractivity contribution < 1.29 is 14.3 Å². The van der Waals surface area contributed by atoms with Crippen LogP contribution in [-0.4, -0.2) is 31.3 Å². The smallest absolute Gasteiger partial charge is 0.252 e. The molecule has 0 aliphatic carbocycles. The number of fused-ring (bicyclic) bond motifs is 1. The second kappa shape index (κ2) is 8.50. The maximum Gasteiger partial charge on any atom is 0.252 e. The Morgan fingerprint density at radius 3 is 2.70 bits per heavy atom. The highest BCUT2D eigenvalue weighted by atomic mass is 32.1. The van der Waals surface area contributed by atoms with Gasteiger partial charge in [0.1, 0.15) is 5.75 Å². The van der Waals surface area contributed by atoms with Gasteiger partial charge in [0.05, 0.1) is 30.4 Å². The predicted molar refractivity (Wildman–Crippen MR) is 108 cm³/mol. The van der Waals surface area contributed by atoms with Crippen LogP contribution < -0.4 is 9.54 Å². The van der Waals surface area contributed by atoms with Crippen molar-refractivity contribution in [1.82, 2.24) is 4.57 Å². The van der Waals surface area contributed by atoms with E-state index in [1.807, 2.05) is 42.7 Å². The fourth-order valence-corrected chi connectivity index (χ4v) is 4.07. The predicted octanol–water partition coefficient (Wildman–Crippen LogP) is 3.64. The molecule has 3 rings (SSSR count). The zero-order chi connectivity index (χ0) is 19.4. The number of ether oxygens (including phenoxy) is 2. The molecule has 0 N–H and O–H groups in total. The summed E-state index contributed by atoms with van der Waals surface area (Å²) >= 11 is 1.49. The Labute approximate surface area is 162 Å². The van der Waals surface area contributed by atoms with E-state index in [-0.39, 0.29) is 5.91 Å². The number of hydrogen-bond donors (Lipinski definition) is 0. The van der Waals surface area contributed by atoms with Crippen LogP contribution in [0.3, 0.4) is 0 Å². The summed E-state index contributed by atoms with van der Waals surface area (Å²) in [6.45, 7) is 5.24. The van der Waals surface area contributed by atoms with Gasteiger partial charge in [0, 0.05) is 13.7 Å². The summed E-state index contributed by atoms with van der Waals surface area (Å²) in [5.41, 5.74) is 4.30. The summed E-state index contributed by atoms with van der Waals surface area (Å²) in [7, 11) is 3.31. The van der Waals surface area contributed by atoms with E-state index in [2.05, 4.69) is 17.1 Å². The zero-order valence-corrected chi connectivity index (χ0v) is 16.9. The van der Waals surface area contributed by atoms with Crippen LogP contribution in [0.25, 0.3) is 10.2 Å². The summed E-state index contributed by atoms with van der Waals surface area (Å²) < 4.78 is 13.6. The molecule has 1 amide bonds. The highest BCUT2D eigenvalue weighted by Crippen LogP contribution is 2.23. The van der Waals surface area contributed by atoms with Crippen molar-refractivity contribution in [3.05, 3.63) is 57.9 Å². The van der Waals surface area contributed by atoms with E-state index in [9.17, 15) is 4.79 Å². The summed E-state index contributed by atoms with van der Waals surface area (Å²) in [4.78, 5) is 17.7. The Kier molecular flexibility index (Phi) is 6.08. The van der Waals surface area contributed by atoms with E-state index in [1.54, 1.807) is 14.2 Å². The van der Waals surface area contributed by atoms with Crippen LogP contribution >= 0.6 is 11.3 Å². The van der Waals surface area contributed by atoms with Crippen molar-refractivity contribution in [3.8, 4) is 5.75 Å². The summed E-state index contributed by atoms with van der Waals surface area (Å²) in [6, 6.07) is 12.0. The highest BCUT2D eigenvalue weighted by molar-refractivity contribution is 7.16. The zero-order valence-electron chi connectivity index (χ0n) is 16.1. The van der Waals surface area contributed by atoms with Crippen molar-refractivity contribution in [2.45, 2.75) is 26.8 Å². The van der Waals surface area contributed by atoms with Crippen LogP contribution in [-0.2, 0) is 22.5 Å². The summed E-state index contributed by atoms with van der Waals surface area (Å²) in [5.74, 6) is 0.643. The van der Waals surface area contributed by atoms with Crippen molar-refractivity contribution in [3.63, 3.8) is 0 Å². The Morgan fingerprint density at radius 2 is 1.96 bits per heavy atom. The standard InChI is InChI=1S/C21H24N2O3S/c1-14-5-6-15(2)16(11-14)12-20(24)22-21-23(9-10-25-3)18-8-7-17(26-4)13-19(18)27-21/h5-8,11,13H,9-10,12H2,1-4H3. The lowest BCUT2D eigenvalue weighted by Gasteiger charge is -2.06. The molecule has 3 aromatic rings. The molecule has 142 valence electrons. The molecule has 0 spiro atoms. The minimum absolute atomic E-state index is 0.145. The van der Waals surface area contributed by atoms with Crippen LogP contribution in [0, 0.1) is 13.8 Å². The molecule has 0 unspecified atom stereocenters. The molecule has 2 aromatic carbocycles. The largest absolute Gasteiger partial charge is 0.497 e. The monoisotopic (exact) mass is 384 g/mol. The SMILES string of the molecule is COCCn1c(=NC(=O)Cc2cc(C)ccc2C)sc2cc(OC)ccc21. The minimum Gasteiger partial charge on any atom is -0.497 e. The van der Waals surface area contributed by atoms with Gasteiger partial charge < -0.3 is 14.0 Å². The van der Waals surface area contributed by atoms with Crippen molar-refractivity contribution in [1.29, 1.82) is 0 Å². The average molecular weight is 385 g/mol. The van der Waals surface area contributed by atoms with Gasteiger partial charge in [-0.1, -0.05) is 35.1 Å². The van der Waals surface area contributed by atoms with Gasteiger partial charge in [0.2, 0.25) is 0 Å². The molecule has 0 aliphatic rings. The number of amides is 1. The number of aromatic nitrogens is 1. The lowest BCUT2D eigenvalue weighted by atomic mass is 10.0. The Hall–Kier alpha value is -2.44. The van der Waals surface area contributed by atoms with Crippen LogP contribution in [0.4, 0.5) is 0 Å². The third-order valence-corrected chi connectivity index (χ3v) is 5.52. The Balaban J connectivity index is 2.00. The first-order valence-corrected chi connectivity index (χ1v) is 9.63. The van der Waals surface area contributed by atoms with E-state index < -0.39 is 0 Å². The van der Waals surface area contributed by atoms with E-state index in [0.717, 1.165) is 32.7 Å². The first-order valence-electron chi connectivity index (χ1n) is 8.82. The lowest BCUT2D eigenvalue weighted by molar-refractivity contribution is -0.117. The molecular weight excluding hydrogens is 360 g/mol. The maximum absolute atomic E-state index is 12.6. The van der Waals surface area contributed by atoms with Gasteiger partial charge >= 0.3 is 0 Å². The van der Waals surface area contributed by atoms with Gasteiger partial charge in [-0.05, 0) is 43.2 Å². The molecule has 6 heteroatoms. The van der Waals surface area contributed by atoms with Gasteiger partial charge in [-0.3, -0.25) is 4.79 Å². The second-order valence-corrected chi connectivity index (χ2v) is 7.48. The number of aryl methyl sites for hydroxylation is 2. The highest BCUT2D eigenvalue weighted by Gasteiger charge is 2.10.